The summed E-state index contributed by atoms with van der Waals surface area (Å²) in [6.45, 7) is 2.61. The van der Waals surface area contributed by atoms with Gasteiger partial charge in [-0.05, 0) is 48.7 Å². The van der Waals surface area contributed by atoms with Crippen molar-refractivity contribution in [1.29, 1.82) is 0 Å². The lowest BCUT2D eigenvalue weighted by molar-refractivity contribution is -0.118. The lowest BCUT2D eigenvalue weighted by Gasteiger charge is -2.29. The van der Waals surface area contributed by atoms with Crippen LogP contribution in [0.5, 0.6) is 0 Å². The molecular formula is C19H19BrN2O2. The van der Waals surface area contributed by atoms with Gasteiger partial charge in [-0.15, -0.1) is 0 Å². The summed E-state index contributed by atoms with van der Waals surface area (Å²) < 4.78 is 0.861. The summed E-state index contributed by atoms with van der Waals surface area (Å²) in [5, 5.41) is 2.92. The van der Waals surface area contributed by atoms with E-state index >= 15 is 0 Å². The molecule has 1 aliphatic heterocycles. The molecule has 3 rings (SSSR count). The van der Waals surface area contributed by atoms with Gasteiger partial charge in [-0.2, -0.15) is 0 Å². The first kappa shape index (κ1) is 16.7. The molecule has 0 aromatic heterocycles. The molecule has 5 heteroatoms. The Bertz CT molecular complexity index is 789. The van der Waals surface area contributed by atoms with Crippen LogP contribution in [0.4, 0.5) is 11.4 Å². The van der Waals surface area contributed by atoms with Gasteiger partial charge in [0.1, 0.15) is 0 Å². The molecule has 1 heterocycles. The molecule has 124 valence electrons. The van der Waals surface area contributed by atoms with Crippen molar-refractivity contribution in [3.63, 3.8) is 0 Å². The third-order valence-corrected chi connectivity index (χ3v) is 4.65. The highest BCUT2D eigenvalue weighted by molar-refractivity contribution is 9.10. The molecule has 2 amide bonds. The van der Waals surface area contributed by atoms with Crippen LogP contribution in [0.3, 0.4) is 0 Å². The van der Waals surface area contributed by atoms with Gasteiger partial charge in [0.05, 0.1) is 0 Å². The molecule has 2 aromatic carbocycles. The SMILES string of the molecule is CCC(=O)N1CCCc2ccc(NC(=O)c3cccc(Br)c3)cc21. The van der Waals surface area contributed by atoms with Gasteiger partial charge < -0.3 is 10.2 Å². The van der Waals surface area contributed by atoms with Crippen molar-refractivity contribution in [3.05, 3.63) is 58.1 Å². The van der Waals surface area contributed by atoms with Crippen LogP contribution >= 0.6 is 15.9 Å². The summed E-state index contributed by atoms with van der Waals surface area (Å²) in [5.41, 5.74) is 3.36. The predicted octanol–water partition coefficient (Wildman–Crippen LogP) is 4.39. The Morgan fingerprint density at radius 2 is 2.04 bits per heavy atom. The summed E-state index contributed by atoms with van der Waals surface area (Å²) in [4.78, 5) is 26.4. The second kappa shape index (κ2) is 7.18. The molecule has 4 nitrogen and oxygen atoms in total. The van der Waals surface area contributed by atoms with Gasteiger partial charge >= 0.3 is 0 Å². The first-order valence-corrected chi connectivity index (χ1v) is 8.88. The Hall–Kier alpha value is -2.14. The molecule has 0 saturated carbocycles. The molecule has 1 aliphatic rings. The van der Waals surface area contributed by atoms with Gasteiger partial charge in [0.2, 0.25) is 5.91 Å². The fraction of sp³-hybridized carbons (Fsp3) is 0.263. The minimum Gasteiger partial charge on any atom is -0.322 e. The Morgan fingerprint density at radius 3 is 2.79 bits per heavy atom. The van der Waals surface area contributed by atoms with Gasteiger partial charge in [0, 0.05) is 34.4 Å². The summed E-state index contributed by atoms with van der Waals surface area (Å²) in [7, 11) is 0. The third-order valence-electron chi connectivity index (χ3n) is 4.15. The number of nitrogens with zero attached hydrogens (tertiary/aromatic N) is 1. The smallest absolute Gasteiger partial charge is 0.255 e. The normalized spacial score (nSPS) is 13.3. The largest absolute Gasteiger partial charge is 0.322 e. The summed E-state index contributed by atoms with van der Waals surface area (Å²) >= 11 is 3.37. The molecule has 0 bridgehead atoms. The molecular weight excluding hydrogens is 368 g/mol. The lowest BCUT2D eigenvalue weighted by atomic mass is 10.0. The number of fused-ring (bicyclic) bond motifs is 1. The summed E-state index contributed by atoms with van der Waals surface area (Å²) in [6.07, 6.45) is 2.42. The fourth-order valence-electron chi connectivity index (χ4n) is 2.94. The molecule has 0 aliphatic carbocycles. The fourth-order valence-corrected chi connectivity index (χ4v) is 3.33. The number of hydrogen-bond acceptors (Lipinski definition) is 2. The highest BCUT2D eigenvalue weighted by Crippen LogP contribution is 2.30. The Kier molecular flexibility index (Phi) is 5.00. The second-order valence-electron chi connectivity index (χ2n) is 5.81. The lowest BCUT2D eigenvalue weighted by Crippen LogP contribution is -2.35. The maximum atomic E-state index is 12.4. The minimum absolute atomic E-state index is 0.117. The number of benzene rings is 2. The van der Waals surface area contributed by atoms with Crippen LogP contribution in [-0.2, 0) is 11.2 Å². The molecule has 2 aromatic rings. The molecule has 0 saturated heterocycles. The summed E-state index contributed by atoms with van der Waals surface area (Å²) in [5.74, 6) is -0.0492. The highest BCUT2D eigenvalue weighted by atomic mass is 79.9. The topological polar surface area (TPSA) is 49.4 Å². The Balaban J connectivity index is 1.85. The van der Waals surface area contributed by atoms with Crippen molar-refractivity contribution in [2.45, 2.75) is 26.2 Å². The van der Waals surface area contributed by atoms with Crippen molar-refractivity contribution in [1.82, 2.24) is 0 Å². The van der Waals surface area contributed by atoms with Crippen LogP contribution in [0.25, 0.3) is 0 Å². The number of hydrogen-bond donors (Lipinski definition) is 1. The van der Waals surface area contributed by atoms with Crippen LogP contribution < -0.4 is 10.2 Å². The molecule has 0 spiro atoms. The van der Waals surface area contributed by atoms with Crippen molar-refractivity contribution >= 4 is 39.1 Å². The van der Waals surface area contributed by atoms with Crippen molar-refractivity contribution in [2.75, 3.05) is 16.8 Å². The molecule has 1 N–H and O–H groups in total. The van der Waals surface area contributed by atoms with E-state index in [9.17, 15) is 9.59 Å². The zero-order valence-electron chi connectivity index (χ0n) is 13.5. The van der Waals surface area contributed by atoms with Crippen molar-refractivity contribution in [2.24, 2.45) is 0 Å². The van der Waals surface area contributed by atoms with E-state index < -0.39 is 0 Å². The Labute approximate surface area is 150 Å². The van der Waals surface area contributed by atoms with Gasteiger partial charge in [-0.3, -0.25) is 9.59 Å². The number of nitrogens with one attached hydrogen (secondary N) is 1. The number of carbonyl (C=O) groups excluding carboxylic acids is 2. The van der Waals surface area contributed by atoms with E-state index in [4.69, 9.17) is 0 Å². The van der Waals surface area contributed by atoms with E-state index in [2.05, 4.69) is 21.2 Å². The average Bonchev–Trinajstić information content (AvgIpc) is 2.60. The molecule has 0 radical (unpaired) electrons. The minimum atomic E-state index is -0.166. The number of halogens is 1. The van der Waals surface area contributed by atoms with Gasteiger partial charge in [-0.25, -0.2) is 0 Å². The quantitative estimate of drug-likeness (QED) is 0.849. The van der Waals surface area contributed by atoms with Gasteiger partial charge in [-0.1, -0.05) is 35.0 Å². The van der Waals surface area contributed by atoms with Crippen LogP contribution in [0, 0.1) is 0 Å². The average molecular weight is 387 g/mol. The van der Waals surface area contributed by atoms with Crippen LogP contribution in [0.1, 0.15) is 35.7 Å². The first-order chi connectivity index (χ1) is 11.6. The highest BCUT2D eigenvalue weighted by Gasteiger charge is 2.22. The number of rotatable bonds is 3. The number of carbonyl (C=O) groups is 2. The summed E-state index contributed by atoms with van der Waals surface area (Å²) in [6, 6.07) is 13.1. The Morgan fingerprint density at radius 1 is 1.21 bits per heavy atom. The van der Waals surface area contributed by atoms with Gasteiger partial charge in [0.25, 0.3) is 5.91 Å². The molecule has 0 atom stereocenters. The van der Waals surface area contributed by atoms with E-state index in [0.29, 0.717) is 17.7 Å². The van der Waals surface area contributed by atoms with E-state index in [1.807, 2.05) is 42.2 Å². The zero-order valence-corrected chi connectivity index (χ0v) is 15.1. The zero-order chi connectivity index (χ0) is 17.1. The van der Waals surface area contributed by atoms with Crippen LogP contribution in [0.2, 0.25) is 0 Å². The van der Waals surface area contributed by atoms with E-state index in [1.165, 1.54) is 0 Å². The van der Waals surface area contributed by atoms with Crippen molar-refractivity contribution < 1.29 is 9.59 Å². The number of aryl methyl sites for hydroxylation is 1. The van der Waals surface area contributed by atoms with E-state index in [-0.39, 0.29) is 11.8 Å². The number of anilines is 2. The third kappa shape index (κ3) is 3.51. The second-order valence-corrected chi connectivity index (χ2v) is 6.73. The van der Waals surface area contributed by atoms with Crippen LogP contribution in [0.15, 0.2) is 46.9 Å². The predicted molar refractivity (Wildman–Crippen MR) is 99.5 cm³/mol. The van der Waals surface area contributed by atoms with Crippen molar-refractivity contribution in [3.8, 4) is 0 Å². The van der Waals surface area contributed by atoms with E-state index in [1.54, 1.807) is 12.1 Å². The molecule has 0 unspecified atom stereocenters. The first-order valence-electron chi connectivity index (χ1n) is 8.08. The number of amides is 2. The van der Waals surface area contributed by atoms with Crippen LogP contribution in [-0.4, -0.2) is 18.4 Å². The maximum absolute atomic E-state index is 12.4. The standard InChI is InChI=1S/C19H19BrN2O2/c1-2-18(23)22-10-4-6-13-8-9-16(12-17(13)22)21-19(24)14-5-3-7-15(20)11-14/h3,5,7-9,11-12H,2,4,6,10H2,1H3,(H,21,24). The van der Waals surface area contributed by atoms with Gasteiger partial charge in [0.15, 0.2) is 0 Å². The molecule has 24 heavy (non-hydrogen) atoms. The monoisotopic (exact) mass is 386 g/mol. The molecule has 0 fully saturated rings. The maximum Gasteiger partial charge on any atom is 0.255 e. The van der Waals surface area contributed by atoms with E-state index in [0.717, 1.165) is 35.1 Å².